The standard InChI is InChI=1S/C16H18N4O5/c21-12-6-8-20(16(25)19-12)11-5-4-9(13(22)14(11)23)18-15(24)10-3-1-2-7-17-10/h1-3,6-9,11,13-14,22-23H,4-5H2,(H,18,24)(H,19,21,25)/t9-,11-,13-,14-/m1/s1. The van der Waals surface area contributed by atoms with E-state index in [1.807, 2.05) is 0 Å². The van der Waals surface area contributed by atoms with Crippen LogP contribution in [0.2, 0.25) is 0 Å². The van der Waals surface area contributed by atoms with Crippen molar-refractivity contribution in [2.24, 2.45) is 0 Å². The topological polar surface area (TPSA) is 137 Å². The normalized spacial score (nSPS) is 26.2. The highest BCUT2D eigenvalue weighted by Gasteiger charge is 2.39. The molecule has 0 bridgehead atoms. The minimum absolute atomic E-state index is 0.211. The quantitative estimate of drug-likeness (QED) is 0.550. The molecule has 1 amide bonds. The van der Waals surface area contributed by atoms with Gasteiger partial charge in [-0.2, -0.15) is 0 Å². The highest BCUT2D eigenvalue weighted by atomic mass is 16.3. The van der Waals surface area contributed by atoms with Crippen molar-refractivity contribution in [1.82, 2.24) is 19.9 Å². The number of carbonyl (C=O) groups is 1. The Morgan fingerprint density at radius 2 is 2.00 bits per heavy atom. The van der Waals surface area contributed by atoms with E-state index in [9.17, 15) is 24.6 Å². The molecular weight excluding hydrogens is 328 g/mol. The van der Waals surface area contributed by atoms with Crippen molar-refractivity contribution in [1.29, 1.82) is 0 Å². The highest BCUT2D eigenvalue weighted by molar-refractivity contribution is 5.92. The maximum Gasteiger partial charge on any atom is 0.328 e. The van der Waals surface area contributed by atoms with Gasteiger partial charge in [0.2, 0.25) is 0 Å². The molecule has 0 unspecified atom stereocenters. The second-order valence-corrected chi connectivity index (χ2v) is 5.94. The molecule has 1 aliphatic rings. The summed E-state index contributed by atoms with van der Waals surface area (Å²) in [6.45, 7) is 0. The molecule has 4 N–H and O–H groups in total. The van der Waals surface area contributed by atoms with E-state index in [0.717, 1.165) is 0 Å². The molecule has 0 radical (unpaired) electrons. The van der Waals surface area contributed by atoms with E-state index in [2.05, 4.69) is 15.3 Å². The van der Waals surface area contributed by atoms with E-state index in [4.69, 9.17) is 0 Å². The van der Waals surface area contributed by atoms with Gasteiger partial charge in [-0.3, -0.25) is 24.1 Å². The van der Waals surface area contributed by atoms with Crippen LogP contribution < -0.4 is 16.6 Å². The van der Waals surface area contributed by atoms with Crippen molar-refractivity contribution in [2.75, 3.05) is 0 Å². The van der Waals surface area contributed by atoms with Crippen LogP contribution in [0.4, 0.5) is 0 Å². The van der Waals surface area contributed by atoms with Crippen LogP contribution in [0.5, 0.6) is 0 Å². The number of amides is 1. The highest BCUT2D eigenvalue weighted by Crippen LogP contribution is 2.28. The van der Waals surface area contributed by atoms with Crippen molar-refractivity contribution >= 4 is 5.91 Å². The number of aromatic nitrogens is 3. The van der Waals surface area contributed by atoms with Gasteiger partial charge in [0.05, 0.1) is 12.1 Å². The number of aliphatic hydroxyl groups excluding tert-OH is 2. The van der Waals surface area contributed by atoms with Crippen LogP contribution in [-0.2, 0) is 0 Å². The van der Waals surface area contributed by atoms with Crippen molar-refractivity contribution in [2.45, 2.75) is 37.1 Å². The van der Waals surface area contributed by atoms with Gasteiger partial charge in [-0.05, 0) is 25.0 Å². The minimum atomic E-state index is -1.27. The summed E-state index contributed by atoms with van der Waals surface area (Å²) in [6.07, 6.45) is 0.940. The molecule has 0 aromatic carbocycles. The zero-order chi connectivity index (χ0) is 18.0. The van der Waals surface area contributed by atoms with Crippen molar-refractivity contribution in [3.05, 3.63) is 63.2 Å². The Bertz CT molecular complexity index is 863. The smallest absolute Gasteiger partial charge is 0.328 e. The van der Waals surface area contributed by atoms with Crippen molar-refractivity contribution < 1.29 is 15.0 Å². The first-order valence-electron chi connectivity index (χ1n) is 7.87. The van der Waals surface area contributed by atoms with Gasteiger partial charge in [0, 0.05) is 18.5 Å². The summed E-state index contributed by atoms with van der Waals surface area (Å²) in [5, 5.41) is 23.4. The molecule has 4 atom stereocenters. The fraction of sp³-hybridized carbons (Fsp3) is 0.375. The molecule has 9 heteroatoms. The SMILES string of the molecule is O=C(N[C@@H]1CC[C@@H](n2ccc(=O)[nH]c2=O)[C@@H](O)[C@@H]1O)c1ccccn1. The van der Waals surface area contributed by atoms with Crippen LogP contribution >= 0.6 is 0 Å². The van der Waals surface area contributed by atoms with Gasteiger partial charge >= 0.3 is 5.69 Å². The lowest BCUT2D eigenvalue weighted by molar-refractivity contribution is -0.0570. The molecule has 0 saturated heterocycles. The van der Waals surface area contributed by atoms with Gasteiger partial charge in [-0.1, -0.05) is 6.07 Å². The zero-order valence-corrected chi connectivity index (χ0v) is 13.2. The predicted molar refractivity (Wildman–Crippen MR) is 87.1 cm³/mol. The molecule has 2 aromatic rings. The first-order chi connectivity index (χ1) is 12.0. The van der Waals surface area contributed by atoms with Gasteiger partial charge in [0.25, 0.3) is 11.5 Å². The lowest BCUT2D eigenvalue weighted by Crippen LogP contribution is -2.55. The summed E-state index contributed by atoms with van der Waals surface area (Å²) in [5.41, 5.74) is -0.976. The second-order valence-electron chi connectivity index (χ2n) is 5.94. The first-order valence-corrected chi connectivity index (χ1v) is 7.87. The molecule has 1 saturated carbocycles. The van der Waals surface area contributed by atoms with Crippen LogP contribution in [-0.4, -0.2) is 48.9 Å². The summed E-state index contributed by atoms with van der Waals surface area (Å²) in [7, 11) is 0. The van der Waals surface area contributed by atoms with E-state index < -0.39 is 41.4 Å². The summed E-state index contributed by atoms with van der Waals surface area (Å²) in [6, 6.07) is 4.72. The van der Waals surface area contributed by atoms with E-state index >= 15 is 0 Å². The molecule has 3 rings (SSSR count). The number of carbonyl (C=O) groups excluding carboxylic acids is 1. The number of aromatic amines is 1. The first kappa shape index (κ1) is 17.1. The maximum absolute atomic E-state index is 12.1. The Morgan fingerprint density at radius 3 is 2.68 bits per heavy atom. The molecule has 132 valence electrons. The third-order valence-electron chi connectivity index (χ3n) is 4.35. The Balaban J connectivity index is 1.73. The van der Waals surface area contributed by atoms with Gasteiger partial charge in [-0.15, -0.1) is 0 Å². The average molecular weight is 346 g/mol. The number of aliphatic hydroxyl groups is 2. The molecule has 9 nitrogen and oxygen atoms in total. The third kappa shape index (κ3) is 3.52. The fourth-order valence-corrected chi connectivity index (χ4v) is 3.05. The molecule has 1 fully saturated rings. The molecule has 2 heterocycles. The Morgan fingerprint density at radius 1 is 1.20 bits per heavy atom. The van der Waals surface area contributed by atoms with E-state index in [0.29, 0.717) is 12.8 Å². The van der Waals surface area contributed by atoms with Crippen molar-refractivity contribution in [3.8, 4) is 0 Å². The van der Waals surface area contributed by atoms with E-state index in [1.54, 1.807) is 18.2 Å². The lowest BCUT2D eigenvalue weighted by atomic mass is 9.85. The van der Waals surface area contributed by atoms with Crippen LogP contribution in [0.15, 0.2) is 46.2 Å². The van der Waals surface area contributed by atoms with E-state index in [-0.39, 0.29) is 5.69 Å². The average Bonchev–Trinajstić information content (AvgIpc) is 2.61. The largest absolute Gasteiger partial charge is 0.388 e. The minimum Gasteiger partial charge on any atom is -0.388 e. The van der Waals surface area contributed by atoms with Gasteiger partial charge in [-0.25, -0.2) is 4.79 Å². The lowest BCUT2D eigenvalue weighted by Gasteiger charge is -2.38. The maximum atomic E-state index is 12.1. The summed E-state index contributed by atoms with van der Waals surface area (Å²) >= 11 is 0. The van der Waals surface area contributed by atoms with Crippen LogP contribution in [0.1, 0.15) is 29.4 Å². The number of pyridine rings is 1. The fourth-order valence-electron chi connectivity index (χ4n) is 3.05. The second kappa shape index (κ2) is 6.99. The Kier molecular flexibility index (Phi) is 4.77. The summed E-state index contributed by atoms with van der Waals surface area (Å²) in [5.74, 6) is -0.448. The van der Waals surface area contributed by atoms with Gasteiger partial charge in [0.15, 0.2) is 0 Å². The monoisotopic (exact) mass is 346 g/mol. The molecule has 0 spiro atoms. The number of hydrogen-bond acceptors (Lipinski definition) is 6. The number of hydrogen-bond donors (Lipinski definition) is 4. The summed E-state index contributed by atoms with van der Waals surface area (Å²) < 4.78 is 1.19. The van der Waals surface area contributed by atoms with Crippen LogP contribution in [0.3, 0.4) is 0 Å². The molecular formula is C16H18N4O5. The van der Waals surface area contributed by atoms with Crippen LogP contribution in [0.25, 0.3) is 0 Å². The predicted octanol–water partition coefficient (Wildman–Crippen LogP) is -1.21. The number of rotatable bonds is 3. The van der Waals surface area contributed by atoms with E-state index in [1.165, 1.54) is 23.0 Å². The van der Waals surface area contributed by atoms with Gasteiger partial charge in [0.1, 0.15) is 17.9 Å². The summed E-state index contributed by atoms with van der Waals surface area (Å²) in [4.78, 5) is 41.2. The molecule has 2 aromatic heterocycles. The zero-order valence-electron chi connectivity index (χ0n) is 13.2. The van der Waals surface area contributed by atoms with Gasteiger partial charge < -0.3 is 15.5 Å². The number of nitrogens with zero attached hydrogens (tertiary/aromatic N) is 2. The molecule has 1 aliphatic carbocycles. The van der Waals surface area contributed by atoms with Crippen molar-refractivity contribution in [3.63, 3.8) is 0 Å². The number of H-pyrrole nitrogens is 1. The third-order valence-corrected chi connectivity index (χ3v) is 4.35. The Labute approximate surface area is 142 Å². The van der Waals surface area contributed by atoms with Crippen LogP contribution in [0, 0.1) is 0 Å². The molecule has 0 aliphatic heterocycles. The molecule has 25 heavy (non-hydrogen) atoms. The number of nitrogens with one attached hydrogen (secondary N) is 2. The Hall–Kier alpha value is -2.78.